The highest BCUT2D eigenvalue weighted by molar-refractivity contribution is 7.80. The molecule has 0 spiro atoms. The van der Waals surface area contributed by atoms with Crippen LogP contribution in [0.15, 0.2) is 18.2 Å². The van der Waals surface area contributed by atoms with Gasteiger partial charge in [-0.15, -0.1) is 0 Å². The zero-order valence-electron chi connectivity index (χ0n) is 9.24. The molecule has 0 radical (unpaired) electrons. The molecule has 0 fully saturated rings. The second kappa shape index (κ2) is 4.74. The van der Waals surface area contributed by atoms with E-state index in [9.17, 15) is 0 Å². The highest BCUT2D eigenvalue weighted by Crippen LogP contribution is 2.31. The van der Waals surface area contributed by atoms with Crippen LogP contribution in [0.3, 0.4) is 0 Å². The molecule has 2 heteroatoms. The average Bonchev–Trinajstić information content (AvgIpc) is 2.16. The molecular weight excluding hydrogens is 192 g/mol. The quantitative estimate of drug-likeness (QED) is 0.746. The van der Waals surface area contributed by atoms with E-state index in [0.29, 0.717) is 5.92 Å². The minimum Gasteiger partial charge on any atom is -0.496 e. The Hall–Kier alpha value is -0.630. The van der Waals surface area contributed by atoms with E-state index < -0.39 is 0 Å². The van der Waals surface area contributed by atoms with Crippen LogP contribution in [0.5, 0.6) is 5.75 Å². The Labute approximate surface area is 91.9 Å². The number of thiol groups is 1. The standard InChI is InChI=1S/C12H18OS/c1-8(2)10-5-6-12(13-4)11(7-10)9(3)14/h5-9,14H,1-4H3. The number of ether oxygens (including phenoxy) is 1. The smallest absolute Gasteiger partial charge is 0.123 e. The fourth-order valence-electron chi connectivity index (χ4n) is 1.44. The maximum absolute atomic E-state index is 5.29. The minimum absolute atomic E-state index is 0.212. The van der Waals surface area contributed by atoms with Gasteiger partial charge < -0.3 is 4.74 Å². The van der Waals surface area contributed by atoms with Crippen molar-refractivity contribution in [3.8, 4) is 5.75 Å². The zero-order chi connectivity index (χ0) is 10.7. The summed E-state index contributed by atoms with van der Waals surface area (Å²) in [5, 5.41) is 0.212. The van der Waals surface area contributed by atoms with Crippen LogP contribution in [0.1, 0.15) is 43.1 Å². The normalized spacial score (nSPS) is 13.0. The fourth-order valence-corrected chi connectivity index (χ4v) is 1.64. The summed E-state index contributed by atoms with van der Waals surface area (Å²) in [7, 11) is 1.70. The van der Waals surface area contributed by atoms with Gasteiger partial charge in [0, 0.05) is 10.8 Å². The Morgan fingerprint density at radius 1 is 1.21 bits per heavy atom. The van der Waals surface area contributed by atoms with Crippen LogP contribution >= 0.6 is 12.6 Å². The second-order valence-electron chi connectivity index (χ2n) is 3.83. The Bertz CT molecular complexity index is 305. The van der Waals surface area contributed by atoms with Crippen molar-refractivity contribution in [1.82, 2.24) is 0 Å². The molecular formula is C12H18OS. The number of methoxy groups -OCH3 is 1. The van der Waals surface area contributed by atoms with E-state index >= 15 is 0 Å². The van der Waals surface area contributed by atoms with Gasteiger partial charge in [0.25, 0.3) is 0 Å². The molecule has 0 saturated heterocycles. The molecule has 1 aromatic rings. The first-order valence-corrected chi connectivity index (χ1v) is 5.43. The second-order valence-corrected chi connectivity index (χ2v) is 4.61. The molecule has 0 bridgehead atoms. The summed E-state index contributed by atoms with van der Waals surface area (Å²) in [6.45, 7) is 6.44. The summed E-state index contributed by atoms with van der Waals surface area (Å²) >= 11 is 4.45. The molecule has 0 heterocycles. The first kappa shape index (κ1) is 11.4. The zero-order valence-corrected chi connectivity index (χ0v) is 10.1. The molecule has 0 amide bonds. The first-order chi connectivity index (χ1) is 6.56. The summed E-state index contributed by atoms with van der Waals surface area (Å²) < 4.78 is 5.29. The van der Waals surface area contributed by atoms with E-state index in [0.717, 1.165) is 5.75 Å². The van der Waals surface area contributed by atoms with E-state index in [1.807, 2.05) is 6.07 Å². The third-order valence-electron chi connectivity index (χ3n) is 2.37. The van der Waals surface area contributed by atoms with Crippen molar-refractivity contribution in [2.75, 3.05) is 7.11 Å². The van der Waals surface area contributed by atoms with Crippen LogP contribution < -0.4 is 4.74 Å². The summed E-state index contributed by atoms with van der Waals surface area (Å²) in [5.74, 6) is 1.48. The predicted molar refractivity (Wildman–Crippen MR) is 64.5 cm³/mol. The van der Waals surface area contributed by atoms with E-state index in [1.54, 1.807) is 7.11 Å². The van der Waals surface area contributed by atoms with E-state index in [2.05, 4.69) is 45.5 Å². The first-order valence-electron chi connectivity index (χ1n) is 4.92. The molecule has 0 aliphatic rings. The Morgan fingerprint density at radius 3 is 2.29 bits per heavy atom. The monoisotopic (exact) mass is 210 g/mol. The lowest BCUT2D eigenvalue weighted by atomic mass is 9.99. The molecule has 0 aromatic heterocycles. The Morgan fingerprint density at radius 2 is 1.86 bits per heavy atom. The van der Waals surface area contributed by atoms with Gasteiger partial charge in [0.2, 0.25) is 0 Å². The Kier molecular flexibility index (Phi) is 3.87. The van der Waals surface area contributed by atoms with Gasteiger partial charge in [-0.25, -0.2) is 0 Å². The van der Waals surface area contributed by atoms with Crippen molar-refractivity contribution in [1.29, 1.82) is 0 Å². The third-order valence-corrected chi connectivity index (χ3v) is 2.65. The van der Waals surface area contributed by atoms with Gasteiger partial charge in [-0.3, -0.25) is 0 Å². The van der Waals surface area contributed by atoms with Crippen LogP contribution in [0.4, 0.5) is 0 Å². The number of rotatable bonds is 3. The van der Waals surface area contributed by atoms with Crippen LogP contribution in [0, 0.1) is 0 Å². The lowest BCUT2D eigenvalue weighted by Gasteiger charge is -2.14. The molecule has 0 N–H and O–H groups in total. The molecule has 14 heavy (non-hydrogen) atoms. The molecule has 1 nitrogen and oxygen atoms in total. The van der Waals surface area contributed by atoms with Gasteiger partial charge in [0.1, 0.15) is 5.75 Å². The average molecular weight is 210 g/mol. The molecule has 78 valence electrons. The molecule has 0 aliphatic carbocycles. The topological polar surface area (TPSA) is 9.23 Å². The van der Waals surface area contributed by atoms with Gasteiger partial charge in [0.05, 0.1) is 7.11 Å². The van der Waals surface area contributed by atoms with Crippen LogP contribution in [-0.4, -0.2) is 7.11 Å². The maximum Gasteiger partial charge on any atom is 0.123 e. The number of hydrogen-bond donors (Lipinski definition) is 1. The molecule has 1 rings (SSSR count). The summed E-state index contributed by atoms with van der Waals surface area (Å²) in [6.07, 6.45) is 0. The predicted octanol–water partition coefficient (Wildman–Crippen LogP) is 3.81. The molecule has 0 saturated carbocycles. The van der Waals surface area contributed by atoms with Crippen molar-refractivity contribution < 1.29 is 4.74 Å². The van der Waals surface area contributed by atoms with Crippen LogP contribution in [-0.2, 0) is 0 Å². The van der Waals surface area contributed by atoms with E-state index in [4.69, 9.17) is 4.74 Å². The van der Waals surface area contributed by atoms with Crippen molar-refractivity contribution in [2.45, 2.75) is 31.9 Å². The molecule has 1 atom stereocenters. The van der Waals surface area contributed by atoms with Crippen molar-refractivity contribution in [2.24, 2.45) is 0 Å². The van der Waals surface area contributed by atoms with Crippen LogP contribution in [0.2, 0.25) is 0 Å². The number of hydrogen-bond acceptors (Lipinski definition) is 2. The van der Waals surface area contributed by atoms with Crippen molar-refractivity contribution in [3.63, 3.8) is 0 Å². The van der Waals surface area contributed by atoms with E-state index in [-0.39, 0.29) is 5.25 Å². The lowest BCUT2D eigenvalue weighted by Crippen LogP contribution is -1.96. The van der Waals surface area contributed by atoms with Gasteiger partial charge in [-0.05, 0) is 24.5 Å². The van der Waals surface area contributed by atoms with Crippen molar-refractivity contribution >= 4 is 12.6 Å². The fraction of sp³-hybridized carbons (Fsp3) is 0.500. The van der Waals surface area contributed by atoms with Crippen molar-refractivity contribution in [3.05, 3.63) is 29.3 Å². The highest BCUT2D eigenvalue weighted by Gasteiger charge is 2.09. The third kappa shape index (κ3) is 2.44. The SMILES string of the molecule is COc1ccc(C(C)C)cc1C(C)S. The minimum atomic E-state index is 0.212. The van der Waals surface area contributed by atoms with Crippen LogP contribution in [0.25, 0.3) is 0 Å². The number of benzene rings is 1. The highest BCUT2D eigenvalue weighted by atomic mass is 32.1. The summed E-state index contributed by atoms with van der Waals surface area (Å²) in [4.78, 5) is 0. The largest absolute Gasteiger partial charge is 0.496 e. The lowest BCUT2D eigenvalue weighted by molar-refractivity contribution is 0.409. The Balaban J connectivity index is 3.14. The molecule has 1 aromatic carbocycles. The maximum atomic E-state index is 5.29. The van der Waals surface area contributed by atoms with Gasteiger partial charge in [-0.2, -0.15) is 12.6 Å². The summed E-state index contributed by atoms with van der Waals surface area (Å²) in [6, 6.07) is 6.32. The molecule has 1 unspecified atom stereocenters. The van der Waals surface area contributed by atoms with Gasteiger partial charge >= 0.3 is 0 Å². The van der Waals surface area contributed by atoms with Gasteiger partial charge in [0.15, 0.2) is 0 Å². The van der Waals surface area contributed by atoms with Gasteiger partial charge in [-0.1, -0.05) is 26.0 Å². The van der Waals surface area contributed by atoms with E-state index in [1.165, 1.54) is 11.1 Å². The summed E-state index contributed by atoms with van der Waals surface area (Å²) in [5.41, 5.74) is 2.50. The molecule has 0 aliphatic heterocycles.